The van der Waals surface area contributed by atoms with Crippen molar-refractivity contribution >= 4 is 23.3 Å². The number of benzene rings is 1. The Balaban J connectivity index is 2.09. The van der Waals surface area contributed by atoms with Crippen molar-refractivity contribution in [1.29, 1.82) is 0 Å². The normalized spacial score (nSPS) is 23.1. The number of anilines is 1. The van der Waals surface area contributed by atoms with Gasteiger partial charge in [-0.05, 0) is 51.6 Å². The van der Waals surface area contributed by atoms with E-state index in [2.05, 4.69) is 10.4 Å². The number of piperidine rings is 1. The van der Waals surface area contributed by atoms with Crippen LogP contribution in [0.15, 0.2) is 29.4 Å². The smallest absolute Gasteiger partial charge is 0.354 e. The average Bonchev–Trinajstić information content (AvgIpc) is 3.12. The van der Waals surface area contributed by atoms with Crippen molar-refractivity contribution in [1.82, 2.24) is 10.2 Å². The zero-order valence-electron chi connectivity index (χ0n) is 18.0. The van der Waals surface area contributed by atoms with E-state index >= 15 is 0 Å². The zero-order chi connectivity index (χ0) is 21.7. The molecule has 9 heteroatoms. The minimum atomic E-state index is -1.19. The van der Waals surface area contributed by atoms with E-state index in [1.54, 1.807) is 31.2 Å². The second-order valence-electron chi connectivity index (χ2n) is 7.16. The lowest BCUT2D eigenvalue weighted by Gasteiger charge is -2.48. The van der Waals surface area contributed by atoms with E-state index in [1.807, 2.05) is 31.0 Å². The maximum absolute atomic E-state index is 13.4. The lowest BCUT2D eigenvalue weighted by atomic mass is 9.81. The van der Waals surface area contributed by atoms with Gasteiger partial charge in [-0.15, -0.1) is 0 Å². The van der Waals surface area contributed by atoms with E-state index in [9.17, 15) is 9.59 Å². The molecule has 3 rings (SSSR count). The molecule has 30 heavy (non-hydrogen) atoms. The molecular weight excluding hydrogens is 388 g/mol. The van der Waals surface area contributed by atoms with Gasteiger partial charge in [-0.1, -0.05) is 0 Å². The molecule has 1 amide bonds. The van der Waals surface area contributed by atoms with Gasteiger partial charge in [0.1, 0.15) is 5.75 Å². The van der Waals surface area contributed by atoms with Crippen molar-refractivity contribution in [2.45, 2.75) is 25.9 Å². The summed E-state index contributed by atoms with van der Waals surface area (Å²) < 4.78 is 16.0. The SMILES string of the molecule is CCOCCN(C)[C@]12C(=O)NCC[C@H]1C(C(=O)OCC)=NN2c1ccc(OC)cc1. The Hall–Kier alpha value is -2.65. The molecule has 164 valence electrons. The number of esters is 1. The van der Waals surface area contributed by atoms with Crippen LogP contribution < -0.4 is 15.1 Å². The van der Waals surface area contributed by atoms with Gasteiger partial charge >= 0.3 is 5.97 Å². The first-order valence-corrected chi connectivity index (χ1v) is 10.3. The van der Waals surface area contributed by atoms with E-state index < -0.39 is 17.6 Å². The molecule has 2 atom stereocenters. The van der Waals surface area contributed by atoms with Crippen molar-refractivity contribution < 1.29 is 23.8 Å². The van der Waals surface area contributed by atoms with Crippen LogP contribution in [0.5, 0.6) is 5.75 Å². The van der Waals surface area contributed by atoms with Gasteiger partial charge < -0.3 is 19.5 Å². The Kier molecular flexibility index (Phi) is 6.94. The molecule has 1 aromatic carbocycles. The summed E-state index contributed by atoms with van der Waals surface area (Å²) in [5.74, 6) is -0.428. The number of likely N-dealkylation sites (N-methyl/N-ethyl adjacent to an activating group) is 1. The van der Waals surface area contributed by atoms with Crippen LogP contribution in [0.25, 0.3) is 0 Å². The van der Waals surface area contributed by atoms with Gasteiger partial charge in [0.2, 0.25) is 5.66 Å². The molecule has 0 aromatic heterocycles. The molecule has 1 aromatic rings. The lowest BCUT2D eigenvalue weighted by Crippen LogP contribution is -2.71. The number of nitrogens with one attached hydrogen (secondary N) is 1. The summed E-state index contributed by atoms with van der Waals surface area (Å²) >= 11 is 0. The predicted octanol–water partition coefficient (Wildman–Crippen LogP) is 1.24. The highest BCUT2D eigenvalue weighted by molar-refractivity contribution is 6.39. The number of fused-ring (bicyclic) bond motifs is 1. The fraction of sp³-hybridized carbons (Fsp3) is 0.571. The van der Waals surface area contributed by atoms with E-state index in [1.165, 1.54) is 0 Å². The third-order valence-corrected chi connectivity index (χ3v) is 5.56. The largest absolute Gasteiger partial charge is 0.497 e. The Labute approximate surface area is 176 Å². The minimum Gasteiger partial charge on any atom is -0.497 e. The van der Waals surface area contributed by atoms with Crippen molar-refractivity contribution in [3.8, 4) is 5.75 Å². The Morgan fingerprint density at radius 3 is 2.67 bits per heavy atom. The number of carbonyl (C=O) groups is 2. The lowest BCUT2D eigenvalue weighted by molar-refractivity contribution is -0.138. The first kappa shape index (κ1) is 22.0. The highest BCUT2D eigenvalue weighted by atomic mass is 16.5. The van der Waals surface area contributed by atoms with Crippen LogP contribution >= 0.6 is 0 Å². The van der Waals surface area contributed by atoms with Crippen LogP contribution in [-0.2, 0) is 19.1 Å². The molecule has 1 N–H and O–H groups in total. The van der Waals surface area contributed by atoms with E-state index in [0.29, 0.717) is 44.2 Å². The van der Waals surface area contributed by atoms with Crippen LogP contribution in [0.2, 0.25) is 0 Å². The highest BCUT2D eigenvalue weighted by Gasteiger charge is 2.62. The van der Waals surface area contributed by atoms with Crippen LogP contribution in [0.4, 0.5) is 5.69 Å². The minimum absolute atomic E-state index is 0.198. The van der Waals surface area contributed by atoms with Crippen molar-refractivity contribution in [2.24, 2.45) is 11.0 Å². The first-order chi connectivity index (χ1) is 14.5. The number of methoxy groups -OCH3 is 1. The topological polar surface area (TPSA) is 92.7 Å². The van der Waals surface area contributed by atoms with Crippen LogP contribution in [0.1, 0.15) is 20.3 Å². The number of rotatable bonds is 9. The third kappa shape index (κ3) is 3.75. The second-order valence-corrected chi connectivity index (χ2v) is 7.16. The molecule has 2 aliphatic heterocycles. The molecule has 0 spiro atoms. The summed E-state index contributed by atoms with van der Waals surface area (Å²) in [5, 5.41) is 9.25. The van der Waals surface area contributed by atoms with Crippen LogP contribution in [0.3, 0.4) is 0 Å². The van der Waals surface area contributed by atoms with Gasteiger partial charge in [0.15, 0.2) is 5.71 Å². The van der Waals surface area contributed by atoms with Gasteiger partial charge in [0.25, 0.3) is 5.91 Å². The average molecular weight is 418 g/mol. The molecule has 1 fully saturated rings. The first-order valence-electron chi connectivity index (χ1n) is 10.3. The predicted molar refractivity (Wildman–Crippen MR) is 113 cm³/mol. The quantitative estimate of drug-likeness (QED) is 0.476. The summed E-state index contributed by atoms with van der Waals surface area (Å²) in [6, 6.07) is 7.26. The summed E-state index contributed by atoms with van der Waals surface area (Å²) in [5.41, 5.74) is -0.238. The number of carbonyl (C=O) groups excluding carboxylic acids is 2. The fourth-order valence-electron chi connectivity index (χ4n) is 4.13. The van der Waals surface area contributed by atoms with Crippen molar-refractivity contribution in [3.63, 3.8) is 0 Å². The van der Waals surface area contributed by atoms with Crippen LogP contribution in [0, 0.1) is 5.92 Å². The third-order valence-electron chi connectivity index (χ3n) is 5.56. The van der Waals surface area contributed by atoms with E-state index in [0.717, 1.165) is 0 Å². The molecular formula is C21H30N4O5. The fourth-order valence-corrected chi connectivity index (χ4v) is 4.13. The van der Waals surface area contributed by atoms with E-state index in [-0.39, 0.29) is 18.2 Å². The highest BCUT2D eigenvalue weighted by Crippen LogP contribution is 2.43. The second kappa shape index (κ2) is 9.44. The van der Waals surface area contributed by atoms with Crippen molar-refractivity contribution in [2.75, 3.05) is 52.1 Å². The Morgan fingerprint density at radius 2 is 2.03 bits per heavy atom. The molecule has 9 nitrogen and oxygen atoms in total. The van der Waals surface area contributed by atoms with Gasteiger partial charge in [0.05, 0.1) is 31.9 Å². The standard InChI is InChI=1S/C21H30N4O5/c1-5-29-14-13-24(3)21-17(11-12-22-20(21)27)18(19(26)30-6-2)23-25(21)15-7-9-16(28-4)10-8-15/h7-10,17H,5-6,11-14H2,1-4H3,(H,22,27)/t17-,21+/m0/s1. The van der Waals surface area contributed by atoms with Crippen LogP contribution in [-0.4, -0.2) is 75.2 Å². The number of hydrazone groups is 1. The molecule has 2 aliphatic rings. The maximum atomic E-state index is 13.4. The van der Waals surface area contributed by atoms with Crippen molar-refractivity contribution in [3.05, 3.63) is 24.3 Å². The number of ether oxygens (including phenoxy) is 3. The number of hydrogen-bond acceptors (Lipinski definition) is 8. The Bertz CT molecular complexity index is 797. The van der Waals surface area contributed by atoms with Gasteiger partial charge in [0, 0.05) is 19.7 Å². The molecule has 0 unspecified atom stereocenters. The molecule has 0 saturated carbocycles. The number of amides is 1. The summed E-state index contributed by atoms with van der Waals surface area (Å²) in [6.45, 7) is 5.93. The summed E-state index contributed by atoms with van der Waals surface area (Å²) in [6.07, 6.45) is 0.578. The summed E-state index contributed by atoms with van der Waals surface area (Å²) in [7, 11) is 3.45. The summed E-state index contributed by atoms with van der Waals surface area (Å²) in [4.78, 5) is 28.1. The molecule has 2 heterocycles. The van der Waals surface area contributed by atoms with Gasteiger partial charge in [-0.3, -0.25) is 9.69 Å². The zero-order valence-corrected chi connectivity index (χ0v) is 18.0. The monoisotopic (exact) mass is 418 g/mol. The van der Waals surface area contributed by atoms with Gasteiger partial charge in [-0.25, -0.2) is 9.80 Å². The molecule has 1 saturated heterocycles. The van der Waals surface area contributed by atoms with Gasteiger partial charge in [-0.2, -0.15) is 5.10 Å². The Morgan fingerprint density at radius 1 is 1.30 bits per heavy atom. The molecule has 0 aliphatic carbocycles. The number of nitrogens with zero attached hydrogens (tertiary/aromatic N) is 3. The number of hydrogen-bond donors (Lipinski definition) is 1. The molecule has 0 radical (unpaired) electrons. The van der Waals surface area contributed by atoms with E-state index in [4.69, 9.17) is 14.2 Å². The molecule has 0 bridgehead atoms. The maximum Gasteiger partial charge on any atom is 0.354 e.